The second-order valence-electron chi connectivity index (χ2n) is 5.40. The van der Waals surface area contributed by atoms with Gasteiger partial charge in [-0.1, -0.05) is 26.0 Å². The molecular weight excluding hydrogens is 267 g/mol. The maximum absolute atomic E-state index is 13.7. The van der Waals surface area contributed by atoms with E-state index < -0.39 is 0 Å². The number of nitrogens with one attached hydrogen (secondary N) is 1. The molecule has 1 aromatic heterocycles. The van der Waals surface area contributed by atoms with Gasteiger partial charge in [-0.25, -0.2) is 9.37 Å². The van der Waals surface area contributed by atoms with Crippen molar-refractivity contribution in [2.24, 2.45) is 5.92 Å². The lowest BCUT2D eigenvalue weighted by Gasteiger charge is -2.18. The Hall–Kier alpha value is -2.01. The average Bonchev–Trinajstić information content (AvgIpc) is 2.47. The van der Waals surface area contributed by atoms with Gasteiger partial charge in [-0.2, -0.15) is 0 Å². The summed E-state index contributed by atoms with van der Waals surface area (Å²) >= 11 is 0. The molecule has 0 aliphatic rings. The molecule has 0 aliphatic heterocycles. The minimum absolute atomic E-state index is 0.274. The number of rotatable bonds is 6. The van der Waals surface area contributed by atoms with E-state index in [4.69, 9.17) is 0 Å². The molecule has 0 saturated heterocycles. The molecule has 0 atom stereocenters. The number of benzene rings is 1. The summed E-state index contributed by atoms with van der Waals surface area (Å²) in [7, 11) is 1.78. The molecule has 1 N–H and O–H groups in total. The van der Waals surface area contributed by atoms with Crippen LogP contribution in [0, 0.1) is 11.7 Å². The molecule has 0 saturated carbocycles. The van der Waals surface area contributed by atoms with Crippen LogP contribution in [0.5, 0.6) is 0 Å². The zero-order chi connectivity index (χ0) is 15.2. The Morgan fingerprint density at radius 1 is 1.19 bits per heavy atom. The average molecular weight is 288 g/mol. The van der Waals surface area contributed by atoms with Crippen molar-refractivity contribution < 1.29 is 4.39 Å². The van der Waals surface area contributed by atoms with Gasteiger partial charge in [-0.05, 0) is 24.6 Å². The SMILES string of the molecule is CC(C)CNCc1cnc(N(C)c2ccccc2F)cn1. The van der Waals surface area contributed by atoms with Gasteiger partial charge < -0.3 is 10.2 Å². The summed E-state index contributed by atoms with van der Waals surface area (Å²) in [4.78, 5) is 10.4. The summed E-state index contributed by atoms with van der Waals surface area (Å²) in [6.45, 7) is 5.95. The topological polar surface area (TPSA) is 41.1 Å². The van der Waals surface area contributed by atoms with Crippen molar-refractivity contribution in [3.8, 4) is 0 Å². The molecule has 0 fully saturated rings. The molecule has 112 valence electrons. The van der Waals surface area contributed by atoms with Crippen molar-refractivity contribution in [1.82, 2.24) is 15.3 Å². The van der Waals surface area contributed by atoms with E-state index in [9.17, 15) is 4.39 Å². The van der Waals surface area contributed by atoms with Crippen LogP contribution >= 0.6 is 0 Å². The fourth-order valence-electron chi connectivity index (χ4n) is 1.95. The van der Waals surface area contributed by atoms with Crippen molar-refractivity contribution in [2.45, 2.75) is 20.4 Å². The summed E-state index contributed by atoms with van der Waals surface area (Å²) < 4.78 is 13.7. The van der Waals surface area contributed by atoms with Crippen molar-refractivity contribution in [3.05, 3.63) is 48.2 Å². The van der Waals surface area contributed by atoms with E-state index in [1.165, 1.54) is 6.07 Å². The van der Waals surface area contributed by atoms with Crippen LogP contribution in [0.25, 0.3) is 0 Å². The van der Waals surface area contributed by atoms with Gasteiger partial charge in [0.1, 0.15) is 5.82 Å². The molecule has 4 nitrogen and oxygen atoms in total. The first-order valence-electron chi connectivity index (χ1n) is 7.08. The van der Waals surface area contributed by atoms with Crippen molar-refractivity contribution in [1.29, 1.82) is 0 Å². The van der Waals surface area contributed by atoms with E-state index in [1.807, 2.05) is 0 Å². The number of hydrogen-bond donors (Lipinski definition) is 1. The molecule has 0 spiro atoms. The van der Waals surface area contributed by atoms with Crippen LogP contribution in [0.15, 0.2) is 36.7 Å². The monoisotopic (exact) mass is 288 g/mol. The predicted octanol–water partition coefficient (Wildman–Crippen LogP) is 3.13. The normalized spacial score (nSPS) is 10.9. The van der Waals surface area contributed by atoms with Crippen LogP contribution < -0.4 is 10.2 Å². The number of anilines is 2. The molecule has 1 heterocycles. The van der Waals surface area contributed by atoms with Crippen LogP contribution in [0.1, 0.15) is 19.5 Å². The largest absolute Gasteiger partial charge is 0.326 e. The van der Waals surface area contributed by atoms with Gasteiger partial charge in [0, 0.05) is 13.6 Å². The zero-order valence-corrected chi connectivity index (χ0v) is 12.7. The molecule has 1 aromatic carbocycles. The summed E-state index contributed by atoms with van der Waals surface area (Å²) in [6.07, 6.45) is 3.39. The van der Waals surface area contributed by atoms with Crippen molar-refractivity contribution in [2.75, 3.05) is 18.5 Å². The van der Waals surface area contributed by atoms with Crippen LogP contribution in [-0.4, -0.2) is 23.6 Å². The Labute approximate surface area is 125 Å². The predicted molar refractivity (Wildman–Crippen MR) is 83.0 cm³/mol. The number of nitrogens with zero attached hydrogens (tertiary/aromatic N) is 3. The second kappa shape index (κ2) is 7.13. The van der Waals surface area contributed by atoms with E-state index in [-0.39, 0.29) is 5.82 Å². The van der Waals surface area contributed by atoms with Gasteiger partial charge in [0.05, 0.1) is 23.8 Å². The Balaban J connectivity index is 2.03. The quantitative estimate of drug-likeness (QED) is 0.886. The number of hydrogen-bond acceptors (Lipinski definition) is 4. The molecule has 21 heavy (non-hydrogen) atoms. The lowest BCUT2D eigenvalue weighted by Crippen LogP contribution is -2.20. The van der Waals surface area contributed by atoms with Crippen LogP contribution in [-0.2, 0) is 6.54 Å². The highest BCUT2D eigenvalue weighted by atomic mass is 19.1. The zero-order valence-electron chi connectivity index (χ0n) is 12.7. The fourth-order valence-corrected chi connectivity index (χ4v) is 1.95. The second-order valence-corrected chi connectivity index (χ2v) is 5.40. The summed E-state index contributed by atoms with van der Waals surface area (Å²) in [5.74, 6) is 0.946. The molecule has 0 bridgehead atoms. The number of para-hydroxylation sites is 1. The highest BCUT2D eigenvalue weighted by Crippen LogP contribution is 2.23. The minimum Gasteiger partial charge on any atom is -0.326 e. The molecule has 0 unspecified atom stereocenters. The smallest absolute Gasteiger partial charge is 0.151 e. The van der Waals surface area contributed by atoms with Crippen molar-refractivity contribution in [3.63, 3.8) is 0 Å². The first-order chi connectivity index (χ1) is 10.1. The molecule has 0 radical (unpaired) electrons. The van der Waals surface area contributed by atoms with Gasteiger partial charge in [0.15, 0.2) is 5.82 Å². The lowest BCUT2D eigenvalue weighted by atomic mass is 10.2. The van der Waals surface area contributed by atoms with Gasteiger partial charge in [0.2, 0.25) is 0 Å². The Morgan fingerprint density at radius 2 is 1.95 bits per heavy atom. The van der Waals surface area contributed by atoms with E-state index >= 15 is 0 Å². The van der Waals surface area contributed by atoms with E-state index in [0.717, 1.165) is 12.2 Å². The number of aromatic nitrogens is 2. The third kappa shape index (κ3) is 4.23. The van der Waals surface area contributed by atoms with Gasteiger partial charge >= 0.3 is 0 Å². The minimum atomic E-state index is -0.274. The standard InChI is InChI=1S/C16H21FN4/c1-12(2)8-18-9-13-10-20-16(11-19-13)21(3)15-7-5-4-6-14(15)17/h4-7,10-12,18H,8-9H2,1-3H3. The maximum atomic E-state index is 13.7. The third-order valence-electron chi connectivity index (χ3n) is 3.11. The molecule has 5 heteroatoms. The Bertz CT molecular complexity index is 569. The van der Waals surface area contributed by atoms with E-state index in [2.05, 4.69) is 29.1 Å². The van der Waals surface area contributed by atoms with Gasteiger partial charge in [-0.3, -0.25) is 4.98 Å². The van der Waals surface area contributed by atoms with Crippen molar-refractivity contribution >= 4 is 11.5 Å². The molecule has 2 aromatic rings. The highest BCUT2D eigenvalue weighted by Gasteiger charge is 2.10. The van der Waals surface area contributed by atoms with Gasteiger partial charge in [-0.15, -0.1) is 0 Å². The fraction of sp³-hybridized carbons (Fsp3) is 0.375. The first-order valence-corrected chi connectivity index (χ1v) is 7.08. The highest BCUT2D eigenvalue weighted by molar-refractivity contribution is 5.58. The molecule has 2 rings (SSSR count). The van der Waals surface area contributed by atoms with Crippen LogP contribution in [0.4, 0.5) is 15.9 Å². The Morgan fingerprint density at radius 3 is 2.57 bits per heavy atom. The number of halogens is 1. The molecular formula is C16H21FN4. The van der Waals surface area contributed by atoms with E-state index in [0.29, 0.717) is 24.0 Å². The van der Waals surface area contributed by atoms with E-state index in [1.54, 1.807) is 42.5 Å². The Kier molecular flexibility index (Phi) is 5.22. The van der Waals surface area contributed by atoms with Gasteiger partial charge in [0.25, 0.3) is 0 Å². The summed E-state index contributed by atoms with van der Waals surface area (Å²) in [5.41, 5.74) is 1.36. The summed E-state index contributed by atoms with van der Waals surface area (Å²) in [5, 5.41) is 3.31. The van der Waals surface area contributed by atoms with Crippen LogP contribution in [0.3, 0.4) is 0 Å². The molecule has 0 amide bonds. The maximum Gasteiger partial charge on any atom is 0.151 e. The summed E-state index contributed by atoms with van der Waals surface area (Å²) in [6, 6.07) is 6.62. The molecule has 0 aliphatic carbocycles. The van der Waals surface area contributed by atoms with Crippen LogP contribution in [0.2, 0.25) is 0 Å². The lowest BCUT2D eigenvalue weighted by molar-refractivity contribution is 0.547. The first kappa shape index (κ1) is 15.4. The third-order valence-corrected chi connectivity index (χ3v) is 3.11.